The molecule has 0 spiro atoms. The molecule has 0 saturated carbocycles. The van der Waals surface area contributed by atoms with E-state index in [-0.39, 0.29) is 6.79 Å². The van der Waals surface area contributed by atoms with Gasteiger partial charge >= 0.3 is 6.01 Å². The number of rotatable bonds is 4. The molecule has 1 rings (SSSR count). The number of aromatic nitrogens is 2. The zero-order valence-corrected chi connectivity index (χ0v) is 5.93. The third-order valence-electron chi connectivity index (χ3n) is 0.916. The Bertz CT molecular complexity index is 213. The van der Waals surface area contributed by atoms with E-state index in [0.29, 0.717) is 6.01 Å². The molecule has 4 heteroatoms. The maximum absolute atomic E-state index is 4.93. The summed E-state index contributed by atoms with van der Waals surface area (Å²) in [6, 6.07) is 2.01. The van der Waals surface area contributed by atoms with Crippen molar-refractivity contribution in [3.63, 3.8) is 0 Å². The van der Waals surface area contributed by atoms with Crippen LogP contribution in [-0.2, 0) is 4.74 Å². The van der Waals surface area contributed by atoms with Gasteiger partial charge in [0.05, 0.1) is 6.26 Å². The average Bonchev–Trinajstić information content (AvgIpc) is 2.07. The third-order valence-corrected chi connectivity index (χ3v) is 0.916. The van der Waals surface area contributed by atoms with Crippen molar-refractivity contribution in [1.29, 1.82) is 0 Å². The van der Waals surface area contributed by atoms with Gasteiger partial charge in [-0.05, 0) is 6.07 Å². The van der Waals surface area contributed by atoms with E-state index >= 15 is 0 Å². The lowest BCUT2D eigenvalue weighted by atomic mass is 10.7. The van der Waals surface area contributed by atoms with E-state index in [0.717, 1.165) is 0 Å². The maximum Gasteiger partial charge on any atom is 0.319 e. The minimum atomic E-state index is 0.0908. The summed E-state index contributed by atoms with van der Waals surface area (Å²) in [6.07, 6.45) is 4.48. The highest BCUT2D eigenvalue weighted by molar-refractivity contribution is 4.92. The first-order chi connectivity index (χ1) is 5.43. The molecule has 0 aromatic carbocycles. The number of hydrogen-bond donors (Lipinski definition) is 0. The van der Waals surface area contributed by atoms with Crippen LogP contribution >= 0.6 is 0 Å². The zero-order valence-electron chi connectivity index (χ0n) is 5.93. The van der Waals surface area contributed by atoms with E-state index in [1.807, 2.05) is 0 Å². The van der Waals surface area contributed by atoms with E-state index in [4.69, 9.17) is 9.47 Å². The number of nitrogens with zero attached hydrogens (tertiary/aromatic N) is 2. The first kappa shape index (κ1) is 7.53. The Morgan fingerprint density at radius 3 is 2.82 bits per heavy atom. The quantitative estimate of drug-likeness (QED) is 0.366. The van der Waals surface area contributed by atoms with Gasteiger partial charge in [0.1, 0.15) is 0 Å². The molecule has 0 amide bonds. The predicted octanol–water partition coefficient (Wildman–Crippen LogP) is 0.973. The molecule has 0 aliphatic carbocycles. The van der Waals surface area contributed by atoms with E-state index in [2.05, 4.69) is 16.5 Å². The van der Waals surface area contributed by atoms with Crippen LogP contribution in [0.25, 0.3) is 0 Å². The third kappa shape index (κ3) is 2.66. The molecule has 11 heavy (non-hydrogen) atoms. The van der Waals surface area contributed by atoms with Crippen LogP contribution in [0, 0.1) is 0 Å². The molecule has 0 N–H and O–H groups in total. The maximum atomic E-state index is 4.93. The van der Waals surface area contributed by atoms with Crippen LogP contribution in [0.4, 0.5) is 0 Å². The van der Waals surface area contributed by atoms with E-state index in [9.17, 15) is 0 Å². The summed E-state index contributed by atoms with van der Waals surface area (Å²) in [5, 5.41) is 0. The summed E-state index contributed by atoms with van der Waals surface area (Å²) in [6.45, 7) is 3.44. The standard InChI is InChI=1S/C7H8N2O2/c1-2-10-6-11-7-8-4-3-5-9-7/h2-5H,1,6H2. The van der Waals surface area contributed by atoms with Crippen LogP contribution in [0.15, 0.2) is 31.3 Å². The minimum absolute atomic E-state index is 0.0908. The van der Waals surface area contributed by atoms with Gasteiger partial charge in [0.2, 0.25) is 6.79 Å². The second-order valence-corrected chi connectivity index (χ2v) is 1.63. The highest BCUT2D eigenvalue weighted by Gasteiger charge is 1.91. The van der Waals surface area contributed by atoms with Gasteiger partial charge in [-0.15, -0.1) is 0 Å². The zero-order chi connectivity index (χ0) is 7.94. The van der Waals surface area contributed by atoms with Gasteiger partial charge in [-0.3, -0.25) is 0 Å². The molecule has 0 bridgehead atoms. The van der Waals surface area contributed by atoms with Crippen LogP contribution in [-0.4, -0.2) is 16.8 Å². The molecule has 0 atom stereocenters. The second-order valence-electron chi connectivity index (χ2n) is 1.63. The first-order valence-corrected chi connectivity index (χ1v) is 3.06. The summed E-state index contributed by atoms with van der Waals surface area (Å²) in [7, 11) is 0. The molecule has 0 unspecified atom stereocenters. The van der Waals surface area contributed by atoms with Crippen molar-refractivity contribution < 1.29 is 9.47 Å². The van der Waals surface area contributed by atoms with Crippen LogP contribution in [0.2, 0.25) is 0 Å². The SMILES string of the molecule is C=COCOc1ncccn1. The minimum Gasteiger partial charge on any atom is -0.466 e. The highest BCUT2D eigenvalue weighted by Crippen LogP contribution is 1.96. The summed E-state index contributed by atoms with van der Waals surface area (Å²) in [4.78, 5) is 7.61. The van der Waals surface area contributed by atoms with Crippen molar-refractivity contribution >= 4 is 0 Å². The molecule has 0 radical (unpaired) electrons. The van der Waals surface area contributed by atoms with Crippen molar-refractivity contribution in [2.24, 2.45) is 0 Å². The van der Waals surface area contributed by atoms with Crippen molar-refractivity contribution in [2.45, 2.75) is 0 Å². The van der Waals surface area contributed by atoms with Crippen molar-refractivity contribution in [3.8, 4) is 6.01 Å². The summed E-state index contributed by atoms with van der Waals surface area (Å²) in [5.74, 6) is 0. The molecule has 1 heterocycles. The molecule has 4 nitrogen and oxygen atoms in total. The highest BCUT2D eigenvalue weighted by atomic mass is 16.7. The Kier molecular flexibility index (Phi) is 2.92. The Labute approximate surface area is 64.5 Å². The Balaban J connectivity index is 2.33. The van der Waals surface area contributed by atoms with Crippen LogP contribution in [0.3, 0.4) is 0 Å². The predicted molar refractivity (Wildman–Crippen MR) is 38.8 cm³/mol. The van der Waals surface area contributed by atoms with Gasteiger partial charge < -0.3 is 9.47 Å². The largest absolute Gasteiger partial charge is 0.466 e. The van der Waals surface area contributed by atoms with E-state index < -0.39 is 0 Å². The summed E-state index contributed by atoms with van der Waals surface area (Å²) < 4.78 is 9.63. The first-order valence-electron chi connectivity index (χ1n) is 3.06. The second kappa shape index (κ2) is 4.27. The average molecular weight is 152 g/mol. The molecule has 0 fully saturated rings. The molecule has 0 saturated heterocycles. The molecule has 58 valence electrons. The molecular formula is C7H8N2O2. The number of ether oxygens (including phenoxy) is 2. The van der Waals surface area contributed by atoms with Gasteiger partial charge in [0.25, 0.3) is 0 Å². The molecule has 0 aliphatic heterocycles. The molecule has 1 aromatic rings. The van der Waals surface area contributed by atoms with Gasteiger partial charge in [0.15, 0.2) is 0 Å². The smallest absolute Gasteiger partial charge is 0.319 e. The fraction of sp³-hybridized carbons (Fsp3) is 0.143. The van der Waals surface area contributed by atoms with Crippen LogP contribution in [0.5, 0.6) is 6.01 Å². The van der Waals surface area contributed by atoms with Crippen LogP contribution < -0.4 is 4.74 Å². The Hall–Kier alpha value is -1.58. The molecular weight excluding hydrogens is 144 g/mol. The number of hydrogen-bond acceptors (Lipinski definition) is 4. The summed E-state index contributed by atoms with van der Waals surface area (Å²) >= 11 is 0. The molecule has 1 aromatic heterocycles. The fourth-order valence-electron chi connectivity index (χ4n) is 0.495. The lowest BCUT2D eigenvalue weighted by Gasteiger charge is -2.00. The normalized spacial score (nSPS) is 8.73. The molecule has 0 aliphatic rings. The summed E-state index contributed by atoms with van der Waals surface area (Å²) in [5.41, 5.74) is 0. The lowest BCUT2D eigenvalue weighted by Crippen LogP contribution is -2.00. The Morgan fingerprint density at radius 2 is 2.18 bits per heavy atom. The van der Waals surface area contributed by atoms with Crippen molar-refractivity contribution in [3.05, 3.63) is 31.3 Å². The van der Waals surface area contributed by atoms with Gasteiger partial charge in [-0.2, -0.15) is 0 Å². The monoisotopic (exact) mass is 152 g/mol. The fourth-order valence-corrected chi connectivity index (χ4v) is 0.495. The van der Waals surface area contributed by atoms with Gasteiger partial charge in [-0.1, -0.05) is 6.58 Å². The van der Waals surface area contributed by atoms with Crippen LogP contribution in [0.1, 0.15) is 0 Å². The van der Waals surface area contributed by atoms with Crippen molar-refractivity contribution in [1.82, 2.24) is 9.97 Å². The van der Waals surface area contributed by atoms with Gasteiger partial charge in [-0.25, -0.2) is 9.97 Å². The van der Waals surface area contributed by atoms with Gasteiger partial charge in [0, 0.05) is 12.4 Å². The van der Waals surface area contributed by atoms with Crippen molar-refractivity contribution in [2.75, 3.05) is 6.79 Å². The lowest BCUT2D eigenvalue weighted by molar-refractivity contribution is 0.0725. The Morgan fingerprint density at radius 1 is 1.45 bits per heavy atom. The topological polar surface area (TPSA) is 44.2 Å². The van der Waals surface area contributed by atoms with E-state index in [1.165, 1.54) is 6.26 Å². The van der Waals surface area contributed by atoms with E-state index in [1.54, 1.807) is 18.5 Å².